The first kappa shape index (κ1) is 9.48. The summed E-state index contributed by atoms with van der Waals surface area (Å²) in [5.74, 6) is -0.0347. The zero-order chi connectivity index (χ0) is 8.97. The van der Waals surface area contributed by atoms with E-state index >= 15 is 0 Å². The van der Waals surface area contributed by atoms with Gasteiger partial charge in [-0.05, 0) is 6.92 Å². The van der Waals surface area contributed by atoms with E-state index in [1.54, 1.807) is 6.92 Å². The SMILES string of the molecule is CCOC(=O)CC1COCC1N. The Morgan fingerprint density at radius 2 is 2.42 bits per heavy atom. The molecule has 0 radical (unpaired) electrons. The number of ether oxygens (including phenoxy) is 2. The normalized spacial score (nSPS) is 28.8. The quantitative estimate of drug-likeness (QED) is 0.606. The highest BCUT2D eigenvalue weighted by molar-refractivity contribution is 5.69. The Hall–Kier alpha value is -0.610. The summed E-state index contributed by atoms with van der Waals surface area (Å²) in [6.07, 6.45) is 0.384. The van der Waals surface area contributed by atoms with Crippen molar-refractivity contribution in [1.29, 1.82) is 0 Å². The Balaban J connectivity index is 2.25. The minimum absolute atomic E-state index is 0.00518. The molecular weight excluding hydrogens is 158 g/mol. The fraction of sp³-hybridized carbons (Fsp3) is 0.875. The largest absolute Gasteiger partial charge is 0.466 e. The summed E-state index contributed by atoms with van der Waals surface area (Å²) >= 11 is 0. The second-order valence-corrected chi connectivity index (χ2v) is 2.97. The van der Waals surface area contributed by atoms with Gasteiger partial charge in [-0.25, -0.2) is 0 Å². The van der Waals surface area contributed by atoms with Gasteiger partial charge in [0.25, 0.3) is 0 Å². The van der Waals surface area contributed by atoms with E-state index in [9.17, 15) is 4.79 Å². The lowest BCUT2D eigenvalue weighted by Crippen LogP contribution is -2.30. The molecule has 2 N–H and O–H groups in total. The molecule has 2 unspecified atom stereocenters. The second kappa shape index (κ2) is 4.42. The molecule has 1 saturated heterocycles. The van der Waals surface area contributed by atoms with Crippen LogP contribution in [0.1, 0.15) is 13.3 Å². The Bertz CT molecular complexity index is 160. The number of hydrogen-bond acceptors (Lipinski definition) is 4. The smallest absolute Gasteiger partial charge is 0.306 e. The maximum atomic E-state index is 11.0. The highest BCUT2D eigenvalue weighted by Crippen LogP contribution is 2.15. The molecule has 0 saturated carbocycles. The van der Waals surface area contributed by atoms with Crippen LogP contribution in [0.3, 0.4) is 0 Å². The van der Waals surface area contributed by atoms with Crippen LogP contribution >= 0.6 is 0 Å². The minimum Gasteiger partial charge on any atom is -0.466 e. The lowest BCUT2D eigenvalue weighted by Gasteiger charge is -2.11. The Labute approximate surface area is 72.0 Å². The topological polar surface area (TPSA) is 61.5 Å². The third-order valence-electron chi connectivity index (χ3n) is 1.98. The molecule has 4 heteroatoms. The van der Waals surface area contributed by atoms with Gasteiger partial charge in [-0.15, -0.1) is 0 Å². The first-order chi connectivity index (χ1) is 5.74. The third kappa shape index (κ3) is 2.46. The predicted molar refractivity (Wildman–Crippen MR) is 43.5 cm³/mol. The van der Waals surface area contributed by atoms with Crippen molar-refractivity contribution in [3.63, 3.8) is 0 Å². The van der Waals surface area contributed by atoms with Crippen LogP contribution in [0.25, 0.3) is 0 Å². The van der Waals surface area contributed by atoms with Gasteiger partial charge in [0.05, 0.1) is 26.2 Å². The monoisotopic (exact) mass is 173 g/mol. The number of esters is 1. The summed E-state index contributed by atoms with van der Waals surface area (Å²) in [7, 11) is 0. The number of carbonyl (C=O) groups excluding carboxylic acids is 1. The molecule has 1 heterocycles. The van der Waals surface area contributed by atoms with Crippen LogP contribution in [0, 0.1) is 5.92 Å². The zero-order valence-corrected chi connectivity index (χ0v) is 7.29. The van der Waals surface area contributed by atoms with Gasteiger partial charge in [0, 0.05) is 12.0 Å². The van der Waals surface area contributed by atoms with Gasteiger partial charge >= 0.3 is 5.97 Å². The van der Waals surface area contributed by atoms with E-state index in [4.69, 9.17) is 15.2 Å². The summed E-state index contributed by atoms with van der Waals surface area (Å²) in [6.45, 7) is 3.37. The van der Waals surface area contributed by atoms with Gasteiger partial charge in [-0.2, -0.15) is 0 Å². The molecule has 70 valence electrons. The molecule has 2 atom stereocenters. The predicted octanol–water partition coefficient (Wildman–Crippen LogP) is -0.0867. The molecule has 1 aliphatic heterocycles. The molecule has 0 amide bonds. The molecule has 12 heavy (non-hydrogen) atoms. The summed E-state index contributed by atoms with van der Waals surface area (Å²) in [5.41, 5.74) is 5.69. The summed E-state index contributed by atoms with van der Waals surface area (Å²) in [6, 6.07) is -0.00518. The van der Waals surface area contributed by atoms with Gasteiger partial charge in [0.15, 0.2) is 0 Å². The van der Waals surface area contributed by atoms with E-state index in [-0.39, 0.29) is 17.9 Å². The Morgan fingerprint density at radius 1 is 1.67 bits per heavy atom. The lowest BCUT2D eigenvalue weighted by atomic mass is 10.0. The molecule has 4 nitrogen and oxygen atoms in total. The molecule has 0 aromatic rings. The van der Waals surface area contributed by atoms with E-state index < -0.39 is 0 Å². The molecule has 0 aromatic carbocycles. The maximum Gasteiger partial charge on any atom is 0.306 e. The highest BCUT2D eigenvalue weighted by Gasteiger charge is 2.27. The van der Waals surface area contributed by atoms with Crippen molar-refractivity contribution in [1.82, 2.24) is 0 Å². The molecular formula is C8H15NO3. The van der Waals surface area contributed by atoms with Crippen LogP contribution in [-0.4, -0.2) is 31.8 Å². The van der Waals surface area contributed by atoms with Gasteiger partial charge in [-0.1, -0.05) is 0 Å². The van der Waals surface area contributed by atoms with Crippen molar-refractivity contribution in [3.05, 3.63) is 0 Å². The number of nitrogens with two attached hydrogens (primary N) is 1. The third-order valence-corrected chi connectivity index (χ3v) is 1.98. The summed E-state index contributed by atoms with van der Waals surface area (Å²) in [4.78, 5) is 11.0. The van der Waals surface area contributed by atoms with Crippen molar-refractivity contribution >= 4 is 5.97 Å². The fourth-order valence-electron chi connectivity index (χ4n) is 1.26. The van der Waals surface area contributed by atoms with E-state index in [1.165, 1.54) is 0 Å². The fourth-order valence-corrected chi connectivity index (χ4v) is 1.26. The number of hydrogen-bond donors (Lipinski definition) is 1. The first-order valence-corrected chi connectivity index (χ1v) is 4.23. The molecule has 1 rings (SSSR count). The van der Waals surface area contributed by atoms with Crippen molar-refractivity contribution in [2.24, 2.45) is 11.7 Å². The average molecular weight is 173 g/mol. The van der Waals surface area contributed by atoms with E-state index in [1.807, 2.05) is 0 Å². The number of carbonyl (C=O) groups is 1. The van der Waals surface area contributed by atoms with E-state index in [0.717, 1.165) is 0 Å². The van der Waals surface area contributed by atoms with Gasteiger partial charge in [0.2, 0.25) is 0 Å². The molecule has 1 fully saturated rings. The lowest BCUT2D eigenvalue weighted by molar-refractivity contribution is -0.144. The highest BCUT2D eigenvalue weighted by atomic mass is 16.5. The van der Waals surface area contributed by atoms with Gasteiger partial charge in [-0.3, -0.25) is 4.79 Å². The van der Waals surface area contributed by atoms with Crippen molar-refractivity contribution in [2.75, 3.05) is 19.8 Å². The molecule has 0 bridgehead atoms. The van der Waals surface area contributed by atoms with Crippen LogP contribution in [0.4, 0.5) is 0 Å². The first-order valence-electron chi connectivity index (χ1n) is 4.23. The Kier molecular flexibility index (Phi) is 3.49. The molecule has 1 aliphatic rings. The van der Waals surface area contributed by atoms with Crippen LogP contribution in [-0.2, 0) is 14.3 Å². The van der Waals surface area contributed by atoms with E-state index in [0.29, 0.717) is 26.2 Å². The van der Waals surface area contributed by atoms with E-state index in [2.05, 4.69) is 0 Å². The summed E-state index contributed by atoms with van der Waals surface area (Å²) < 4.78 is 9.92. The molecule has 0 aromatic heterocycles. The van der Waals surface area contributed by atoms with Crippen LogP contribution in [0.2, 0.25) is 0 Å². The van der Waals surface area contributed by atoms with Gasteiger partial charge < -0.3 is 15.2 Å². The average Bonchev–Trinajstić information content (AvgIpc) is 2.37. The molecule has 0 aliphatic carbocycles. The minimum atomic E-state index is -0.177. The number of rotatable bonds is 3. The Morgan fingerprint density at radius 3 is 2.92 bits per heavy atom. The van der Waals surface area contributed by atoms with Crippen molar-refractivity contribution in [2.45, 2.75) is 19.4 Å². The maximum absolute atomic E-state index is 11.0. The molecule has 0 spiro atoms. The van der Waals surface area contributed by atoms with Crippen LogP contribution < -0.4 is 5.73 Å². The standard InChI is InChI=1S/C8H15NO3/c1-2-12-8(10)3-6-4-11-5-7(6)9/h6-7H,2-5,9H2,1H3. The van der Waals surface area contributed by atoms with Crippen LogP contribution in [0.5, 0.6) is 0 Å². The second-order valence-electron chi connectivity index (χ2n) is 2.97. The van der Waals surface area contributed by atoms with Crippen LogP contribution in [0.15, 0.2) is 0 Å². The van der Waals surface area contributed by atoms with Crippen molar-refractivity contribution < 1.29 is 14.3 Å². The zero-order valence-electron chi connectivity index (χ0n) is 7.29. The van der Waals surface area contributed by atoms with Crippen molar-refractivity contribution in [3.8, 4) is 0 Å². The summed E-state index contributed by atoms with van der Waals surface area (Å²) in [5, 5.41) is 0. The van der Waals surface area contributed by atoms with Gasteiger partial charge in [0.1, 0.15) is 0 Å².